The Morgan fingerprint density at radius 1 is 1.00 bits per heavy atom. The number of aromatic nitrogens is 3. The maximum absolute atomic E-state index is 14.6. The molecule has 1 heterocycles. The molecule has 9 heteroatoms. The van der Waals surface area contributed by atoms with Crippen molar-refractivity contribution in [1.82, 2.24) is 14.8 Å². The van der Waals surface area contributed by atoms with Gasteiger partial charge in [0, 0.05) is 6.07 Å². The molecule has 0 atom stereocenters. The van der Waals surface area contributed by atoms with Gasteiger partial charge in [-0.15, -0.1) is 10.2 Å². The summed E-state index contributed by atoms with van der Waals surface area (Å²) in [6.45, 7) is 0.128. The van der Waals surface area contributed by atoms with E-state index < -0.39 is 17.6 Å². The van der Waals surface area contributed by atoms with Crippen molar-refractivity contribution in [3.05, 3.63) is 90.0 Å². The van der Waals surface area contributed by atoms with Crippen molar-refractivity contribution in [2.75, 3.05) is 5.75 Å². The van der Waals surface area contributed by atoms with Crippen LogP contribution in [0.5, 0.6) is 5.75 Å². The number of hydrogen-bond donors (Lipinski definition) is 1. The van der Waals surface area contributed by atoms with Crippen molar-refractivity contribution in [3.8, 4) is 22.8 Å². The quantitative estimate of drug-likeness (QED) is 0.321. The standard InChI is InChI=1S/C23H17F2N3O3S/c24-16-10-11-19(18(25)12-16)28-22(17-8-4-5-9-20(17)29)26-27-23(28)32-14-21(30)31-13-15-6-2-1-3-7-15/h1-12,29H,13-14H2. The number of rotatable bonds is 7. The van der Waals surface area contributed by atoms with E-state index in [0.717, 1.165) is 29.5 Å². The number of hydrogen-bond acceptors (Lipinski definition) is 6. The number of aromatic hydroxyl groups is 1. The molecule has 0 bridgehead atoms. The molecule has 3 aromatic carbocycles. The van der Waals surface area contributed by atoms with Crippen LogP contribution in [0.2, 0.25) is 0 Å². The lowest BCUT2D eigenvalue weighted by atomic mass is 10.2. The Balaban J connectivity index is 1.61. The lowest BCUT2D eigenvalue weighted by Crippen LogP contribution is -2.09. The van der Waals surface area contributed by atoms with Crippen LogP contribution >= 0.6 is 11.8 Å². The summed E-state index contributed by atoms with van der Waals surface area (Å²) < 4.78 is 34.7. The van der Waals surface area contributed by atoms with Crippen LogP contribution in [0.1, 0.15) is 5.56 Å². The number of esters is 1. The van der Waals surface area contributed by atoms with Gasteiger partial charge in [-0.1, -0.05) is 54.2 Å². The second kappa shape index (κ2) is 9.61. The summed E-state index contributed by atoms with van der Waals surface area (Å²) in [7, 11) is 0. The minimum atomic E-state index is -0.838. The molecule has 0 unspecified atom stereocenters. The maximum atomic E-state index is 14.6. The summed E-state index contributed by atoms with van der Waals surface area (Å²) in [6.07, 6.45) is 0. The monoisotopic (exact) mass is 453 g/mol. The van der Waals surface area contributed by atoms with E-state index in [1.54, 1.807) is 18.2 Å². The van der Waals surface area contributed by atoms with Crippen LogP contribution in [-0.2, 0) is 16.1 Å². The molecule has 0 amide bonds. The normalized spacial score (nSPS) is 10.8. The third kappa shape index (κ3) is 4.78. The third-order valence-electron chi connectivity index (χ3n) is 4.49. The van der Waals surface area contributed by atoms with Crippen molar-refractivity contribution in [2.24, 2.45) is 0 Å². The molecule has 4 rings (SSSR count). The van der Waals surface area contributed by atoms with Crippen LogP contribution in [0.15, 0.2) is 78.0 Å². The number of para-hydroxylation sites is 1. The van der Waals surface area contributed by atoms with Crippen molar-refractivity contribution < 1.29 is 23.4 Å². The van der Waals surface area contributed by atoms with Gasteiger partial charge in [-0.2, -0.15) is 0 Å². The largest absolute Gasteiger partial charge is 0.507 e. The van der Waals surface area contributed by atoms with E-state index in [9.17, 15) is 18.7 Å². The molecular formula is C23H17F2N3O3S. The van der Waals surface area contributed by atoms with E-state index in [2.05, 4.69) is 10.2 Å². The molecule has 6 nitrogen and oxygen atoms in total. The van der Waals surface area contributed by atoms with Gasteiger partial charge >= 0.3 is 5.97 Å². The van der Waals surface area contributed by atoms with Gasteiger partial charge in [0.2, 0.25) is 0 Å². The van der Waals surface area contributed by atoms with Gasteiger partial charge in [-0.25, -0.2) is 8.78 Å². The average molecular weight is 453 g/mol. The maximum Gasteiger partial charge on any atom is 0.316 e. The SMILES string of the molecule is O=C(CSc1nnc(-c2ccccc2O)n1-c1ccc(F)cc1F)OCc1ccccc1. The van der Waals surface area contributed by atoms with Gasteiger partial charge in [-0.05, 0) is 29.8 Å². The summed E-state index contributed by atoms with van der Waals surface area (Å²) in [6, 6.07) is 18.7. The van der Waals surface area contributed by atoms with Gasteiger partial charge in [0.25, 0.3) is 0 Å². The lowest BCUT2D eigenvalue weighted by molar-refractivity contribution is -0.141. The van der Waals surface area contributed by atoms with E-state index in [1.807, 2.05) is 30.3 Å². The first kappa shape index (κ1) is 21.5. The number of benzene rings is 3. The summed E-state index contributed by atoms with van der Waals surface area (Å²) in [4.78, 5) is 12.2. The van der Waals surface area contributed by atoms with E-state index in [1.165, 1.54) is 16.7 Å². The fourth-order valence-corrected chi connectivity index (χ4v) is 3.73. The number of carbonyl (C=O) groups is 1. The fourth-order valence-electron chi connectivity index (χ4n) is 2.98. The third-order valence-corrected chi connectivity index (χ3v) is 5.39. The molecule has 162 valence electrons. The number of nitrogens with zero attached hydrogens (tertiary/aromatic N) is 3. The Morgan fingerprint density at radius 3 is 2.50 bits per heavy atom. The minimum Gasteiger partial charge on any atom is -0.507 e. The van der Waals surface area contributed by atoms with Gasteiger partial charge in [-0.3, -0.25) is 9.36 Å². The van der Waals surface area contributed by atoms with Crippen LogP contribution < -0.4 is 0 Å². The zero-order valence-corrected chi connectivity index (χ0v) is 17.4. The van der Waals surface area contributed by atoms with Crippen molar-refractivity contribution >= 4 is 17.7 Å². The van der Waals surface area contributed by atoms with Gasteiger partial charge in [0.05, 0.1) is 17.0 Å². The lowest BCUT2D eigenvalue weighted by Gasteiger charge is -2.12. The highest BCUT2D eigenvalue weighted by atomic mass is 32.2. The van der Waals surface area contributed by atoms with Crippen LogP contribution in [0.4, 0.5) is 8.78 Å². The highest BCUT2D eigenvalue weighted by Crippen LogP contribution is 2.33. The van der Waals surface area contributed by atoms with Gasteiger partial charge in [0.1, 0.15) is 24.0 Å². The second-order valence-corrected chi connectivity index (χ2v) is 7.63. The van der Waals surface area contributed by atoms with Crippen LogP contribution in [0.25, 0.3) is 17.1 Å². The molecular weight excluding hydrogens is 436 g/mol. The zero-order valence-electron chi connectivity index (χ0n) is 16.6. The summed E-state index contributed by atoms with van der Waals surface area (Å²) in [5.41, 5.74) is 1.14. The molecule has 0 aliphatic heterocycles. The number of halogens is 2. The zero-order chi connectivity index (χ0) is 22.5. The predicted molar refractivity (Wildman–Crippen MR) is 115 cm³/mol. The molecule has 4 aromatic rings. The van der Waals surface area contributed by atoms with E-state index in [4.69, 9.17) is 4.74 Å². The second-order valence-electron chi connectivity index (χ2n) is 6.69. The molecule has 0 aliphatic carbocycles. The van der Waals surface area contributed by atoms with Gasteiger partial charge < -0.3 is 9.84 Å². The average Bonchev–Trinajstić information content (AvgIpc) is 3.20. The van der Waals surface area contributed by atoms with Crippen LogP contribution in [0, 0.1) is 11.6 Å². The smallest absolute Gasteiger partial charge is 0.316 e. The van der Waals surface area contributed by atoms with Crippen molar-refractivity contribution in [2.45, 2.75) is 11.8 Å². The Kier molecular flexibility index (Phi) is 6.46. The molecule has 0 saturated carbocycles. The van der Waals surface area contributed by atoms with Crippen LogP contribution in [0.3, 0.4) is 0 Å². The molecule has 0 spiro atoms. The summed E-state index contributed by atoms with van der Waals surface area (Å²) >= 11 is 0.992. The Hall–Kier alpha value is -3.72. The highest BCUT2D eigenvalue weighted by Gasteiger charge is 2.21. The van der Waals surface area contributed by atoms with E-state index in [-0.39, 0.29) is 34.8 Å². The predicted octanol–water partition coefficient (Wildman–Crippen LogP) is 4.75. The van der Waals surface area contributed by atoms with Gasteiger partial charge in [0.15, 0.2) is 11.0 Å². The number of ether oxygens (including phenoxy) is 1. The van der Waals surface area contributed by atoms with Crippen molar-refractivity contribution in [1.29, 1.82) is 0 Å². The molecule has 0 aliphatic rings. The first-order chi connectivity index (χ1) is 15.5. The van der Waals surface area contributed by atoms with E-state index in [0.29, 0.717) is 5.56 Å². The Morgan fingerprint density at radius 2 is 1.75 bits per heavy atom. The molecule has 0 radical (unpaired) electrons. The molecule has 0 fully saturated rings. The number of phenols is 1. The number of phenolic OH excluding ortho intramolecular Hbond substituents is 1. The van der Waals surface area contributed by atoms with Crippen molar-refractivity contribution in [3.63, 3.8) is 0 Å². The summed E-state index contributed by atoms with van der Waals surface area (Å²) in [5, 5.41) is 18.6. The topological polar surface area (TPSA) is 77.2 Å². The van der Waals surface area contributed by atoms with E-state index >= 15 is 0 Å². The first-order valence-corrected chi connectivity index (χ1v) is 10.5. The fraction of sp³-hybridized carbons (Fsp3) is 0.0870. The molecule has 1 aromatic heterocycles. The summed E-state index contributed by atoms with van der Waals surface area (Å²) in [5.74, 6) is -2.10. The highest BCUT2D eigenvalue weighted by molar-refractivity contribution is 7.99. The Labute approximate surface area is 186 Å². The molecule has 1 N–H and O–H groups in total. The molecule has 0 saturated heterocycles. The number of thioether (sulfide) groups is 1. The minimum absolute atomic E-state index is 0.0187. The molecule has 32 heavy (non-hydrogen) atoms. The Bertz CT molecular complexity index is 1250. The first-order valence-electron chi connectivity index (χ1n) is 9.54. The van der Waals surface area contributed by atoms with Crippen LogP contribution in [-0.4, -0.2) is 31.6 Å². The number of carbonyl (C=O) groups excluding carboxylic acids is 1.